The molecule has 2 aromatic rings. The summed E-state index contributed by atoms with van der Waals surface area (Å²) in [5.74, 6) is 0.630. The van der Waals surface area contributed by atoms with Crippen LogP contribution in [-0.4, -0.2) is 7.11 Å². The molecule has 0 saturated heterocycles. The molecule has 100 valence electrons. The average molecular weight is 259 g/mol. The van der Waals surface area contributed by atoms with Gasteiger partial charge in [-0.1, -0.05) is 18.2 Å². The van der Waals surface area contributed by atoms with Gasteiger partial charge in [0.25, 0.3) is 0 Å². The van der Waals surface area contributed by atoms with Crippen LogP contribution < -0.4 is 10.1 Å². The van der Waals surface area contributed by atoms with E-state index < -0.39 is 0 Å². The fourth-order valence-corrected chi connectivity index (χ4v) is 1.99. The highest BCUT2D eigenvalue weighted by Crippen LogP contribution is 2.25. The topological polar surface area (TPSA) is 21.3 Å². The Morgan fingerprint density at radius 1 is 1.16 bits per heavy atom. The minimum Gasteiger partial charge on any atom is -0.497 e. The van der Waals surface area contributed by atoms with E-state index in [1.165, 1.54) is 6.07 Å². The van der Waals surface area contributed by atoms with Gasteiger partial charge in [-0.05, 0) is 43.7 Å². The summed E-state index contributed by atoms with van der Waals surface area (Å²) in [6.45, 7) is 3.81. The predicted octanol–water partition coefficient (Wildman–Crippen LogP) is 4.32. The molecule has 2 nitrogen and oxygen atoms in total. The Labute approximate surface area is 113 Å². The lowest BCUT2D eigenvalue weighted by Gasteiger charge is -2.18. The van der Waals surface area contributed by atoms with Crippen molar-refractivity contribution in [2.75, 3.05) is 12.4 Å². The third-order valence-electron chi connectivity index (χ3n) is 3.23. The van der Waals surface area contributed by atoms with Crippen molar-refractivity contribution >= 4 is 5.69 Å². The highest BCUT2D eigenvalue weighted by atomic mass is 19.1. The lowest BCUT2D eigenvalue weighted by Crippen LogP contribution is -2.08. The summed E-state index contributed by atoms with van der Waals surface area (Å²) in [6.07, 6.45) is 0. The van der Waals surface area contributed by atoms with Gasteiger partial charge < -0.3 is 10.1 Å². The van der Waals surface area contributed by atoms with Gasteiger partial charge in [-0.25, -0.2) is 4.39 Å². The molecule has 2 aromatic carbocycles. The van der Waals surface area contributed by atoms with E-state index in [1.54, 1.807) is 20.1 Å². The van der Waals surface area contributed by atoms with Crippen LogP contribution in [0.25, 0.3) is 0 Å². The van der Waals surface area contributed by atoms with Gasteiger partial charge in [-0.15, -0.1) is 0 Å². The van der Waals surface area contributed by atoms with E-state index in [0.717, 1.165) is 17.0 Å². The van der Waals surface area contributed by atoms with Gasteiger partial charge in [-0.2, -0.15) is 0 Å². The minimum atomic E-state index is -0.192. The van der Waals surface area contributed by atoms with Crippen molar-refractivity contribution in [3.63, 3.8) is 0 Å². The molecule has 0 heterocycles. The normalized spacial score (nSPS) is 12.0. The second-order valence-electron chi connectivity index (χ2n) is 4.56. The van der Waals surface area contributed by atoms with E-state index in [-0.39, 0.29) is 11.9 Å². The Morgan fingerprint density at radius 3 is 2.63 bits per heavy atom. The van der Waals surface area contributed by atoms with Crippen molar-refractivity contribution < 1.29 is 9.13 Å². The van der Waals surface area contributed by atoms with Gasteiger partial charge in [0.1, 0.15) is 11.6 Å². The molecule has 3 heteroatoms. The van der Waals surface area contributed by atoms with E-state index in [1.807, 2.05) is 37.3 Å². The summed E-state index contributed by atoms with van der Waals surface area (Å²) in [4.78, 5) is 0. The van der Waals surface area contributed by atoms with Crippen LogP contribution in [0.4, 0.5) is 10.1 Å². The second kappa shape index (κ2) is 5.74. The van der Waals surface area contributed by atoms with Crippen molar-refractivity contribution in [3.05, 3.63) is 59.4 Å². The lowest BCUT2D eigenvalue weighted by atomic mass is 10.1. The Hall–Kier alpha value is -2.03. The number of rotatable bonds is 4. The van der Waals surface area contributed by atoms with E-state index in [4.69, 9.17) is 4.74 Å². The molecular formula is C16H18FNO. The van der Waals surface area contributed by atoms with Crippen LogP contribution in [0.2, 0.25) is 0 Å². The van der Waals surface area contributed by atoms with Crippen LogP contribution in [0.15, 0.2) is 42.5 Å². The molecule has 0 aliphatic carbocycles. The first-order chi connectivity index (χ1) is 9.11. The average Bonchev–Trinajstić information content (AvgIpc) is 2.44. The van der Waals surface area contributed by atoms with Crippen molar-refractivity contribution in [3.8, 4) is 5.75 Å². The summed E-state index contributed by atoms with van der Waals surface area (Å²) >= 11 is 0. The molecule has 1 unspecified atom stereocenters. The number of methoxy groups -OCH3 is 1. The number of hydrogen-bond donors (Lipinski definition) is 1. The molecule has 1 N–H and O–H groups in total. The molecule has 0 spiro atoms. The Balaban J connectivity index is 2.20. The number of nitrogens with one attached hydrogen (secondary N) is 1. The molecule has 0 aromatic heterocycles. The summed E-state index contributed by atoms with van der Waals surface area (Å²) in [6, 6.07) is 13.0. The van der Waals surface area contributed by atoms with Crippen molar-refractivity contribution in [2.24, 2.45) is 0 Å². The smallest absolute Gasteiger partial charge is 0.128 e. The van der Waals surface area contributed by atoms with Crippen LogP contribution >= 0.6 is 0 Å². The predicted molar refractivity (Wildman–Crippen MR) is 76.2 cm³/mol. The maximum Gasteiger partial charge on any atom is 0.128 e. The molecule has 0 saturated carbocycles. The van der Waals surface area contributed by atoms with Gasteiger partial charge in [0.2, 0.25) is 0 Å². The molecule has 2 rings (SSSR count). The summed E-state index contributed by atoms with van der Waals surface area (Å²) in [7, 11) is 1.65. The van der Waals surface area contributed by atoms with Gasteiger partial charge in [0, 0.05) is 17.3 Å². The quantitative estimate of drug-likeness (QED) is 0.883. The molecule has 0 aliphatic rings. The molecule has 1 atom stereocenters. The monoisotopic (exact) mass is 259 g/mol. The largest absolute Gasteiger partial charge is 0.497 e. The SMILES string of the molecule is COc1cccc(C(C)Nc2cccc(F)c2C)c1. The zero-order valence-electron chi connectivity index (χ0n) is 11.4. The highest BCUT2D eigenvalue weighted by Gasteiger charge is 2.09. The molecule has 0 aliphatic heterocycles. The zero-order valence-corrected chi connectivity index (χ0v) is 11.4. The van der Waals surface area contributed by atoms with Crippen molar-refractivity contribution in [1.29, 1.82) is 0 Å². The lowest BCUT2D eigenvalue weighted by molar-refractivity contribution is 0.414. The number of hydrogen-bond acceptors (Lipinski definition) is 2. The second-order valence-corrected chi connectivity index (χ2v) is 4.56. The first-order valence-electron chi connectivity index (χ1n) is 6.27. The molecule has 0 amide bonds. The number of halogens is 1. The fourth-order valence-electron chi connectivity index (χ4n) is 1.99. The van der Waals surface area contributed by atoms with Crippen molar-refractivity contribution in [1.82, 2.24) is 0 Å². The van der Waals surface area contributed by atoms with Crippen LogP contribution in [0.5, 0.6) is 5.75 Å². The number of ether oxygens (including phenoxy) is 1. The number of anilines is 1. The molecular weight excluding hydrogens is 241 g/mol. The minimum absolute atomic E-state index is 0.0793. The standard InChI is InChI=1S/C16H18FNO/c1-11-15(17)8-5-9-16(11)18-12(2)13-6-4-7-14(10-13)19-3/h4-10,12,18H,1-3H3. The third-order valence-corrected chi connectivity index (χ3v) is 3.23. The van der Waals surface area contributed by atoms with Crippen LogP contribution in [0.3, 0.4) is 0 Å². The van der Waals surface area contributed by atoms with Crippen molar-refractivity contribution in [2.45, 2.75) is 19.9 Å². The van der Waals surface area contributed by atoms with E-state index in [9.17, 15) is 4.39 Å². The molecule has 0 bridgehead atoms. The van der Waals surface area contributed by atoms with E-state index >= 15 is 0 Å². The fraction of sp³-hybridized carbons (Fsp3) is 0.250. The van der Waals surface area contributed by atoms with Crippen LogP contribution in [-0.2, 0) is 0 Å². The molecule has 0 radical (unpaired) electrons. The van der Waals surface area contributed by atoms with Crippen LogP contribution in [0, 0.1) is 12.7 Å². The van der Waals surface area contributed by atoms with Gasteiger partial charge in [-0.3, -0.25) is 0 Å². The summed E-state index contributed by atoms with van der Waals surface area (Å²) < 4.78 is 18.7. The first-order valence-corrected chi connectivity index (χ1v) is 6.27. The van der Waals surface area contributed by atoms with E-state index in [0.29, 0.717) is 5.56 Å². The zero-order chi connectivity index (χ0) is 13.8. The summed E-state index contributed by atoms with van der Waals surface area (Å²) in [5, 5.41) is 3.32. The maximum absolute atomic E-state index is 13.5. The van der Waals surface area contributed by atoms with Gasteiger partial charge >= 0.3 is 0 Å². The Kier molecular flexibility index (Phi) is 4.05. The molecule has 19 heavy (non-hydrogen) atoms. The first kappa shape index (κ1) is 13.4. The Morgan fingerprint density at radius 2 is 1.89 bits per heavy atom. The van der Waals surface area contributed by atoms with E-state index in [2.05, 4.69) is 5.32 Å². The summed E-state index contributed by atoms with van der Waals surface area (Å²) in [5.41, 5.74) is 2.55. The van der Waals surface area contributed by atoms with Crippen LogP contribution in [0.1, 0.15) is 24.1 Å². The highest BCUT2D eigenvalue weighted by molar-refractivity contribution is 5.52. The van der Waals surface area contributed by atoms with Gasteiger partial charge in [0.15, 0.2) is 0 Å². The maximum atomic E-state index is 13.5. The third kappa shape index (κ3) is 3.05. The Bertz CT molecular complexity index is 568. The molecule has 0 fully saturated rings. The number of benzene rings is 2. The van der Waals surface area contributed by atoms with Gasteiger partial charge in [0.05, 0.1) is 7.11 Å².